The van der Waals surface area contributed by atoms with Crippen molar-refractivity contribution in [1.29, 1.82) is 0 Å². The highest BCUT2D eigenvalue weighted by atomic mass is 16.5. The van der Waals surface area contributed by atoms with Crippen molar-refractivity contribution in [3.63, 3.8) is 0 Å². The zero-order valence-corrected chi connectivity index (χ0v) is 19.6. The Hall–Kier alpha value is -3.23. The van der Waals surface area contributed by atoms with Gasteiger partial charge in [-0.25, -0.2) is 9.59 Å². The Balaban J connectivity index is 2.41. The first-order valence-corrected chi connectivity index (χ1v) is 10.8. The van der Waals surface area contributed by atoms with Crippen LogP contribution in [0.5, 0.6) is 11.5 Å². The second kappa shape index (κ2) is 11.4. The highest BCUT2D eigenvalue weighted by molar-refractivity contribution is 5.95. The molecular formula is C23H33N3O6. The van der Waals surface area contributed by atoms with E-state index < -0.39 is 18.0 Å². The van der Waals surface area contributed by atoms with Crippen LogP contribution in [0.2, 0.25) is 0 Å². The highest BCUT2D eigenvalue weighted by Gasteiger charge is 2.34. The molecule has 2 N–H and O–H groups in total. The molecule has 0 aromatic heterocycles. The molecule has 0 fully saturated rings. The van der Waals surface area contributed by atoms with E-state index in [4.69, 9.17) is 14.2 Å². The van der Waals surface area contributed by atoms with Crippen molar-refractivity contribution in [1.82, 2.24) is 15.5 Å². The molecule has 1 heterocycles. The Morgan fingerprint density at radius 3 is 2.34 bits per heavy atom. The van der Waals surface area contributed by atoms with Gasteiger partial charge in [-0.15, -0.1) is 0 Å². The average Bonchev–Trinajstić information content (AvgIpc) is 2.78. The number of urea groups is 1. The molecule has 0 saturated heterocycles. The minimum absolute atomic E-state index is 0.0993. The lowest BCUT2D eigenvalue weighted by atomic mass is 9.91. The van der Waals surface area contributed by atoms with Gasteiger partial charge in [0.15, 0.2) is 18.1 Å². The van der Waals surface area contributed by atoms with Gasteiger partial charge < -0.3 is 29.7 Å². The largest absolute Gasteiger partial charge is 0.490 e. The van der Waals surface area contributed by atoms with Crippen LogP contribution in [-0.4, -0.2) is 56.2 Å². The number of nitrogens with zero attached hydrogens (tertiary/aromatic N) is 1. The fourth-order valence-electron chi connectivity index (χ4n) is 3.53. The number of methoxy groups -OCH3 is 1. The lowest BCUT2D eigenvalue weighted by molar-refractivity contribution is -0.136. The summed E-state index contributed by atoms with van der Waals surface area (Å²) < 4.78 is 16.4. The van der Waals surface area contributed by atoms with Crippen molar-refractivity contribution >= 4 is 17.9 Å². The second-order valence-electron chi connectivity index (χ2n) is 7.50. The highest BCUT2D eigenvalue weighted by Crippen LogP contribution is 2.36. The Morgan fingerprint density at radius 2 is 1.78 bits per heavy atom. The average molecular weight is 448 g/mol. The standard InChI is InChI=1S/C23H33N3O6/c1-7-26(8-2)18(27)13-32-16-11-10-15(12-17(16)31-9-3)21-19(22(28)30-6)20(14(4)5)24-23(29)25-21/h10-12,14,21H,7-9,13H2,1-6H3,(H2,24,25,29). The molecule has 0 radical (unpaired) electrons. The number of carbonyl (C=O) groups is 3. The van der Waals surface area contributed by atoms with E-state index in [0.29, 0.717) is 48.0 Å². The Kier molecular flexibility index (Phi) is 8.92. The van der Waals surface area contributed by atoms with Gasteiger partial charge in [-0.2, -0.15) is 0 Å². The minimum atomic E-state index is -0.723. The zero-order chi connectivity index (χ0) is 23.8. The van der Waals surface area contributed by atoms with E-state index in [1.165, 1.54) is 7.11 Å². The fraction of sp³-hybridized carbons (Fsp3) is 0.522. The molecule has 1 aliphatic heterocycles. The van der Waals surface area contributed by atoms with E-state index in [1.54, 1.807) is 23.1 Å². The maximum atomic E-state index is 12.6. The van der Waals surface area contributed by atoms with Crippen LogP contribution >= 0.6 is 0 Å². The molecule has 0 spiro atoms. The molecule has 9 nitrogen and oxygen atoms in total. The number of carbonyl (C=O) groups excluding carboxylic acids is 3. The quantitative estimate of drug-likeness (QED) is 0.534. The smallest absolute Gasteiger partial charge is 0.337 e. The molecule has 9 heteroatoms. The van der Waals surface area contributed by atoms with Gasteiger partial charge in [-0.05, 0) is 44.4 Å². The molecule has 0 saturated carbocycles. The van der Waals surface area contributed by atoms with Crippen LogP contribution in [0.25, 0.3) is 0 Å². The van der Waals surface area contributed by atoms with Crippen LogP contribution in [0.15, 0.2) is 29.5 Å². The molecule has 1 aromatic carbocycles. The minimum Gasteiger partial charge on any atom is -0.490 e. The number of amides is 3. The topological polar surface area (TPSA) is 106 Å². The van der Waals surface area contributed by atoms with Crippen molar-refractivity contribution < 1.29 is 28.6 Å². The predicted molar refractivity (Wildman–Crippen MR) is 119 cm³/mol. The summed E-state index contributed by atoms with van der Waals surface area (Å²) in [6, 6.07) is 3.98. The summed E-state index contributed by atoms with van der Waals surface area (Å²) in [5, 5.41) is 5.50. The summed E-state index contributed by atoms with van der Waals surface area (Å²) in [6.07, 6.45) is 0. The summed E-state index contributed by atoms with van der Waals surface area (Å²) >= 11 is 0. The molecule has 1 atom stereocenters. The first-order valence-electron chi connectivity index (χ1n) is 10.8. The Morgan fingerprint density at radius 1 is 1.09 bits per heavy atom. The number of likely N-dealkylation sites (N-methyl/N-ethyl adjacent to an activating group) is 1. The van der Waals surface area contributed by atoms with Crippen LogP contribution in [0, 0.1) is 5.92 Å². The monoisotopic (exact) mass is 447 g/mol. The summed E-state index contributed by atoms with van der Waals surface area (Å²) in [4.78, 5) is 38.8. The van der Waals surface area contributed by atoms with Gasteiger partial charge in [0.1, 0.15) is 0 Å². The summed E-state index contributed by atoms with van der Waals surface area (Å²) in [6.45, 7) is 10.9. The van der Waals surface area contributed by atoms with Crippen LogP contribution in [0.3, 0.4) is 0 Å². The van der Waals surface area contributed by atoms with E-state index in [2.05, 4.69) is 10.6 Å². The molecule has 1 aliphatic rings. The molecular weight excluding hydrogens is 414 g/mol. The van der Waals surface area contributed by atoms with E-state index in [9.17, 15) is 14.4 Å². The molecule has 1 aromatic rings. The van der Waals surface area contributed by atoms with Crippen molar-refractivity contribution in [2.75, 3.05) is 33.4 Å². The molecule has 1 unspecified atom stereocenters. The number of hydrogen-bond acceptors (Lipinski definition) is 6. The zero-order valence-electron chi connectivity index (χ0n) is 19.6. The van der Waals surface area contributed by atoms with Gasteiger partial charge in [0, 0.05) is 18.8 Å². The number of allylic oxidation sites excluding steroid dienone is 1. The van der Waals surface area contributed by atoms with E-state index in [0.717, 1.165) is 0 Å². The van der Waals surface area contributed by atoms with Crippen LogP contribution < -0.4 is 20.1 Å². The van der Waals surface area contributed by atoms with E-state index in [-0.39, 0.29) is 18.4 Å². The van der Waals surface area contributed by atoms with Crippen molar-refractivity contribution in [2.24, 2.45) is 5.92 Å². The molecule has 2 rings (SSSR count). The number of nitrogens with one attached hydrogen (secondary N) is 2. The molecule has 176 valence electrons. The van der Waals surface area contributed by atoms with Crippen molar-refractivity contribution in [3.8, 4) is 11.5 Å². The van der Waals surface area contributed by atoms with Crippen molar-refractivity contribution in [3.05, 3.63) is 35.0 Å². The number of ether oxygens (including phenoxy) is 3. The molecule has 32 heavy (non-hydrogen) atoms. The lowest BCUT2D eigenvalue weighted by Crippen LogP contribution is -2.47. The Labute approximate surface area is 189 Å². The fourth-order valence-corrected chi connectivity index (χ4v) is 3.53. The van der Waals surface area contributed by atoms with Crippen molar-refractivity contribution in [2.45, 2.75) is 40.7 Å². The molecule has 3 amide bonds. The van der Waals surface area contributed by atoms with Crippen LogP contribution in [0.1, 0.15) is 46.2 Å². The number of esters is 1. The van der Waals surface area contributed by atoms with E-state index in [1.807, 2.05) is 34.6 Å². The third kappa shape index (κ3) is 5.72. The first kappa shape index (κ1) is 25.0. The SMILES string of the molecule is CCOc1cc(C2NC(=O)NC(C(C)C)=C2C(=O)OC)ccc1OCC(=O)N(CC)CC. The van der Waals surface area contributed by atoms with Gasteiger partial charge >= 0.3 is 12.0 Å². The third-order valence-electron chi connectivity index (χ3n) is 5.15. The summed E-state index contributed by atoms with van der Waals surface area (Å²) in [7, 11) is 1.30. The summed E-state index contributed by atoms with van der Waals surface area (Å²) in [5.41, 5.74) is 1.47. The first-order chi connectivity index (χ1) is 15.3. The van der Waals surface area contributed by atoms with Crippen LogP contribution in [-0.2, 0) is 14.3 Å². The number of rotatable bonds is 10. The third-order valence-corrected chi connectivity index (χ3v) is 5.15. The maximum absolute atomic E-state index is 12.6. The van der Waals surface area contributed by atoms with Gasteiger partial charge in [0.2, 0.25) is 0 Å². The predicted octanol–water partition coefficient (Wildman–Crippen LogP) is 2.77. The number of benzene rings is 1. The van der Waals surface area contributed by atoms with Crippen LogP contribution in [0.4, 0.5) is 4.79 Å². The normalized spacial score (nSPS) is 15.7. The second-order valence-corrected chi connectivity index (χ2v) is 7.50. The van der Waals surface area contributed by atoms with E-state index >= 15 is 0 Å². The molecule has 0 aliphatic carbocycles. The van der Waals surface area contributed by atoms with Gasteiger partial charge in [-0.3, -0.25) is 4.79 Å². The van der Waals surface area contributed by atoms with Gasteiger partial charge in [0.05, 0.1) is 25.3 Å². The molecule has 0 bridgehead atoms. The Bertz CT molecular complexity index is 876. The maximum Gasteiger partial charge on any atom is 0.337 e. The lowest BCUT2D eigenvalue weighted by Gasteiger charge is -2.31. The number of hydrogen-bond donors (Lipinski definition) is 2. The van der Waals surface area contributed by atoms with Gasteiger partial charge in [-0.1, -0.05) is 19.9 Å². The van der Waals surface area contributed by atoms with Gasteiger partial charge in [0.25, 0.3) is 5.91 Å². The summed E-state index contributed by atoms with van der Waals surface area (Å²) in [5.74, 6) is 0.0705.